The smallest absolute Gasteiger partial charge is 0.121 e. The van der Waals surface area contributed by atoms with E-state index >= 15 is 0 Å². The Balaban J connectivity index is 1.42. The number of aliphatic hydroxyl groups excluding tert-OH is 2. The molecule has 0 fully saturated rings. The maximum Gasteiger partial charge on any atom is 0.121 e. The maximum atomic E-state index is 10.3. The zero-order valence-electron chi connectivity index (χ0n) is 18.8. The minimum absolute atomic E-state index is 0.0439. The number of nitrogens with one attached hydrogen (secondary N) is 1. The van der Waals surface area contributed by atoms with Crippen LogP contribution in [0.1, 0.15) is 61.5 Å². The number of unbranched alkanes of at least 4 members (excludes halogenated alkanes) is 3. The second kappa shape index (κ2) is 15.6. The van der Waals surface area contributed by atoms with Gasteiger partial charge in [0.05, 0.1) is 32.0 Å². The monoisotopic (exact) mass is 557 g/mol. The van der Waals surface area contributed by atoms with Gasteiger partial charge in [-0.15, -0.1) is 0 Å². The van der Waals surface area contributed by atoms with Crippen LogP contribution in [0, 0.1) is 3.57 Å². The highest BCUT2D eigenvalue weighted by Gasteiger charge is 2.13. The highest BCUT2D eigenvalue weighted by Crippen LogP contribution is 2.27. The molecular formula is C25H36INO5. The van der Waals surface area contributed by atoms with E-state index < -0.39 is 12.2 Å². The predicted octanol–water partition coefficient (Wildman–Crippen LogP) is 4.47. The van der Waals surface area contributed by atoms with E-state index in [4.69, 9.17) is 9.47 Å². The number of benzene rings is 2. The van der Waals surface area contributed by atoms with E-state index in [2.05, 4.69) is 46.1 Å². The molecule has 7 heteroatoms. The van der Waals surface area contributed by atoms with Crippen molar-refractivity contribution in [2.45, 2.75) is 51.4 Å². The number of aliphatic hydroxyl groups is 2. The molecule has 1 unspecified atom stereocenters. The van der Waals surface area contributed by atoms with Gasteiger partial charge < -0.3 is 30.1 Å². The molecule has 6 nitrogen and oxygen atoms in total. The summed E-state index contributed by atoms with van der Waals surface area (Å²) in [7, 11) is 0. The third-order valence-electron chi connectivity index (χ3n) is 5.15. The van der Waals surface area contributed by atoms with Gasteiger partial charge in [-0.25, -0.2) is 0 Å². The zero-order valence-corrected chi connectivity index (χ0v) is 21.0. The van der Waals surface area contributed by atoms with Crippen LogP contribution in [-0.2, 0) is 16.1 Å². The summed E-state index contributed by atoms with van der Waals surface area (Å²) in [5, 5.41) is 33.0. The third kappa shape index (κ3) is 10.6. The first-order valence-electron chi connectivity index (χ1n) is 11.3. The van der Waals surface area contributed by atoms with Crippen LogP contribution in [0.5, 0.6) is 5.75 Å². The number of hydrogen-bond acceptors (Lipinski definition) is 6. The molecule has 2 atom stereocenters. The van der Waals surface area contributed by atoms with Gasteiger partial charge >= 0.3 is 0 Å². The lowest BCUT2D eigenvalue weighted by molar-refractivity contribution is 0.0392. The Bertz CT molecular complexity index is 787. The summed E-state index contributed by atoms with van der Waals surface area (Å²) in [6, 6.07) is 13.1. The van der Waals surface area contributed by atoms with Crippen molar-refractivity contribution in [1.82, 2.24) is 5.32 Å². The molecule has 2 aromatic carbocycles. The molecule has 2 rings (SSSR count). The molecule has 32 heavy (non-hydrogen) atoms. The molecule has 0 bridgehead atoms. The van der Waals surface area contributed by atoms with Crippen LogP contribution < -0.4 is 5.32 Å². The fourth-order valence-electron chi connectivity index (χ4n) is 3.32. The van der Waals surface area contributed by atoms with Crippen molar-refractivity contribution in [2.75, 3.05) is 32.9 Å². The summed E-state index contributed by atoms with van der Waals surface area (Å²) >= 11 is 2.30. The van der Waals surface area contributed by atoms with Crippen molar-refractivity contribution in [3.8, 4) is 5.75 Å². The summed E-state index contributed by atoms with van der Waals surface area (Å²) in [5.41, 5.74) is 2.30. The second-order valence-electron chi connectivity index (χ2n) is 7.92. The molecule has 2 aromatic rings. The van der Waals surface area contributed by atoms with E-state index in [0.29, 0.717) is 37.5 Å². The van der Waals surface area contributed by atoms with Crippen LogP contribution >= 0.6 is 22.6 Å². The molecule has 0 aromatic heterocycles. The molecule has 0 radical (unpaired) electrons. The first-order chi connectivity index (χ1) is 15.5. The molecule has 178 valence electrons. The molecule has 0 aliphatic rings. The number of aromatic hydroxyl groups is 1. The molecule has 0 heterocycles. The molecule has 0 spiro atoms. The van der Waals surface area contributed by atoms with Crippen molar-refractivity contribution in [3.05, 3.63) is 62.7 Å². The molecule has 4 N–H and O–H groups in total. The number of halogens is 1. The van der Waals surface area contributed by atoms with Crippen molar-refractivity contribution in [2.24, 2.45) is 0 Å². The van der Waals surface area contributed by atoms with Gasteiger partial charge in [0, 0.05) is 22.3 Å². The van der Waals surface area contributed by atoms with Crippen molar-refractivity contribution in [1.29, 1.82) is 0 Å². The fourth-order valence-corrected chi connectivity index (χ4v) is 3.92. The largest absolute Gasteiger partial charge is 0.508 e. The SMILES string of the molecule is CC(O)c1cc([C@@H](O)CNCCCCCCOCCOCc2cccc(I)c2)ccc1O. The first kappa shape index (κ1) is 27.0. The van der Waals surface area contributed by atoms with Crippen LogP contribution in [0.2, 0.25) is 0 Å². The van der Waals surface area contributed by atoms with Crippen LogP contribution in [0.3, 0.4) is 0 Å². The molecule has 0 saturated heterocycles. The number of phenols is 1. The van der Waals surface area contributed by atoms with Crippen LogP contribution in [0.15, 0.2) is 42.5 Å². The lowest BCUT2D eigenvalue weighted by atomic mass is 10.0. The third-order valence-corrected chi connectivity index (χ3v) is 5.82. The van der Waals surface area contributed by atoms with Crippen molar-refractivity contribution >= 4 is 22.6 Å². The molecule has 0 aliphatic heterocycles. The minimum atomic E-state index is -0.773. The van der Waals surface area contributed by atoms with Gasteiger partial charge in [0.15, 0.2) is 0 Å². The van der Waals surface area contributed by atoms with E-state index in [1.807, 2.05) is 6.07 Å². The average molecular weight is 557 g/mol. The van der Waals surface area contributed by atoms with E-state index in [1.54, 1.807) is 19.1 Å². The van der Waals surface area contributed by atoms with E-state index in [0.717, 1.165) is 38.8 Å². The number of ether oxygens (including phenoxy) is 2. The average Bonchev–Trinajstić information content (AvgIpc) is 2.77. The lowest BCUT2D eigenvalue weighted by Gasteiger charge is -2.15. The van der Waals surface area contributed by atoms with E-state index in [-0.39, 0.29) is 5.75 Å². The van der Waals surface area contributed by atoms with Crippen LogP contribution in [-0.4, -0.2) is 48.2 Å². The van der Waals surface area contributed by atoms with Crippen LogP contribution in [0.4, 0.5) is 0 Å². The summed E-state index contributed by atoms with van der Waals surface area (Å²) in [4.78, 5) is 0. The Morgan fingerprint density at radius 1 is 0.938 bits per heavy atom. The Morgan fingerprint density at radius 2 is 1.72 bits per heavy atom. The topological polar surface area (TPSA) is 91.2 Å². The normalized spacial score (nSPS) is 13.2. The Morgan fingerprint density at radius 3 is 2.50 bits per heavy atom. The van der Waals surface area contributed by atoms with Gasteiger partial charge in [-0.2, -0.15) is 0 Å². The predicted molar refractivity (Wildman–Crippen MR) is 135 cm³/mol. The van der Waals surface area contributed by atoms with Gasteiger partial charge in [0.25, 0.3) is 0 Å². The van der Waals surface area contributed by atoms with Gasteiger partial charge in [0.1, 0.15) is 5.75 Å². The van der Waals surface area contributed by atoms with E-state index in [1.165, 1.54) is 15.2 Å². The van der Waals surface area contributed by atoms with Gasteiger partial charge in [-0.3, -0.25) is 0 Å². The molecule has 0 aliphatic carbocycles. The highest BCUT2D eigenvalue weighted by molar-refractivity contribution is 14.1. The minimum Gasteiger partial charge on any atom is -0.508 e. The summed E-state index contributed by atoms with van der Waals surface area (Å²) in [5.74, 6) is 0.0439. The molecule has 0 amide bonds. The number of rotatable bonds is 16. The first-order valence-corrected chi connectivity index (χ1v) is 12.3. The Labute approximate surface area is 205 Å². The van der Waals surface area contributed by atoms with Crippen molar-refractivity contribution in [3.63, 3.8) is 0 Å². The standard InChI is InChI=1S/C25H36INO5/c1-19(28)23-16-21(9-10-24(23)29)25(30)17-27-11-4-2-3-5-12-31-13-14-32-18-20-7-6-8-22(26)15-20/h6-10,15-16,19,25,27-30H,2-5,11-14,17-18H2,1H3/t19?,25-/m0/s1. The molecule has 0 saturated carbocycles. The summed E-state index contributed by atoms with van der Waals surface area (Å²) < 4.78 is 12.5. The molecular weight excluding hydrogens is 521 g/mol. The highest BCUT2D eigenvalue weighted by atomic mass is 127. The Kier molecular flexibility index (Phi) is 13.2. The maximum absolute atomic E-state index is 10.3. The summed E-state index contributed by atoms with van der Waals surface area (Å²) in [6.07, 6.45) is 2.86. The fraction of sp³-hybridized carbons (Fsp3) is 0.520. The van der Waals surface area contributed by atoms with Crippen LogP contribution in [0.25, 0.3) is 0 Å². The van der Waals surface area contributed by atoms with Crippen molar-refractivity contribution < 1.29 is 24.8 Å². The second-order valence-corrected chi connectivity index (χ2v) is 9.17. The lowest BCUT2D eigenvalue weighted by Crippen LogP contribution is -2.22. The van der Waals surface area contributed by atoms with Gasteiger partial charge in [0.2, 0.25) is 0 Å². The zero-order chi connectivity index (χ0) is 23.2. The Hall–Kier alpha value is -1.23. The van der Waals surface area contributed by atoms with Gasteiger partial charge in [-0.05, 0) is 84.3 Å². The quantitative estimate of drug-likeness (QED) is 0.180. The summed E-state index contributed by atoms with van der Waals surface area (Å²) in [6.45, 7) is 5.48. The van der Waals surface area contributed by atoms with Gasteiger partial charge in [-0.1, -0.05) is 31.0 Å². The number of phenolic OH excluding ortho intramolecular Hbond substituents is 1. The van der Waals surface area contributed by atoms with E-state index in [9.17, 15) is 15.3 Å². The number of hydrogen-bond donors (Lipinski definition) is 4.